The molecule has 0 saturated carbocycles. The molecular weight excluding hydrogens is 324 g/mol. The maximum atomic E-state index is 12.2. The van der Waals surface area contributed by atoms with Crippen molar-refractivity contribution in [3.05, 3.63) is 53.6 Å². The summed E-state index contributed by atoms with van der Waals surface area (Å²) in [5.41, 5.74) is 1.58. The van der Waals surface area contributed by atoms with Crippen molar-refractivity contribution in [3.8, 4) is 0 Å². The van der Waals surface area contributed by atoms with Crippen LogP contribution in [0.15, 0.2) is 53.4 Å². The number of carbonyl (C=O) groups is 1. The normalized spacial score (nSPS) is 13.8. The van der Waals surface area contributed by atoms with E-state index in [-0.39, 0.29) is 5.91 Å². The second-order valence-corrected chi connectivity index (χ2v) is 6.27. The van der Waals surface area contributed by atoms with E-state index < -0.39 is 0 Å². The summed E-state index contributed by atoms with van der Waals surface area (Å²) in [5.74, 6) is 0.354. The molecule has 1 aliphatic heterocycles. The maximum absolute atomic E-state index is 12.2. The number of hydrogen-bond donors (Lipinski definition) is 1. The Morgan fingerprint density at radius 3 is 2.86 bits per heavy atom. The second-order valence-electron chi connectivity index (χ2n) is 4.43. The van der Waals surface area contributed by atoms with E-state index >= 15 is 0 Å². The summed E-state index contributed by atoms with van der Waals surface area (Å²) in [6.07, 6.45) is 0. The van der Waals surface area contributed by atoms with Gasteiger partial charge in [-0.2, -0.15) is 0 Å². The third-order valence-corrected chi connectivity index (χ3v) is 4.55. The summed E-state index contributed by atoms with van der Waals surface area (Å²) in [6, 6.07) is 15.0. The molecule has 0 radical (unpaired) electrons. The number of nitrogens with zero attached hydrogens (tertiary/aromatic N) is 1. The zero-order chi connectivity index (χ0) is 14.8. The molecule has 0 fully saturated rings. The van der Waals surface area contributed by atoms with Gasteiger partial charge in [0.05, 0.1) is 11.4 Å². The molecule has 2 aromatic rings. The van der Waals surface area contributed by atoms with Gasteiger partial charge in [0.1, 0.15) is 0 Å². The van der Waals surface area contributed by atoms with Crippen molar-refractivity contribution in [1.29, 1.82) is 0 Å². The minimum atomic E-state index is -0.0294. The third-order valence-electron chi connectivity index (χ3n) is 2.99. The molecule has 1 aliphatic rings. The molecule has 21 heavy (non-hydrogen) atoms. The minimum absolute atomic E-state index is 0.0294. The summed E-state index contributed by atoms with van der Waals surface area (Å²) >= 11 is 12.9. The van der Waals surface area contributed by atoms with Crippen molar-refractivity contribution >= 4 is 58.0 Å². The first-order chi connectivity index (χ1) is 10.1. The Morgan fingerprint density at radius 1 is 1.24 bits per heavy atom. The number of thiocarbonyl (C=S) groups is 1. The van der Waals surface area contributed by atoms with E-state index in [0.29, 0.717) is 15.9 Å². The number of anilines is 2. The average molecular weight is 335 g/mol. The van der Waals surface area contributed by atoms with Gasteiger partial charge in [0.25, 0.3) is 0 Å². The Hall–Kier alpha value is -1.56. The summed E-state index contributed by atoms with van der Waals surface area (Å²) in [5, 5.41) is 4.04. The van der Waals surface area contributed by atoms with Crippen LogP contribution in [0.2, 0.25) is 5.02 Å². The number of fused-ring (bicyclic) bond motifs is 1. The maximum Gasteiger partial charge on any atom is 0.243 e. The monoisotopic (exact) mass is 334 g/mol. The molecule has 0 saturated heterocycles. The third kappa shape index (κ3) is 3.05. The van der Waals surface area contributed by atoms with E-state index in [9.17, 15) is 4.79 Å². The molecule has 0 aliphatic carbocycles. The van der Waals surface area contributed by atoms with Gasteiger partial charge in [-0.05, 0) is 42.5 Å². The first-order valence-electron chi connectivity index (χ1n) is 6.26. The highest BCUT2D eigenvalue weighted by molar-refractivity contribution is 8.00. The number of thioether (sulfide) groups is 1. The summed E-state index contributed by atoms with van der Waals surface area (Å²) in [7, 11) is 0. The Kier molecular flexibility index (Phi) is 4.14. The van der Waals surface area contributed by atoms with Crippen LogP contribution in [0.4, 0.5) is 11.4 Å². The van der Waals surface area contributed by atoms with Crippen molar-refractivity contribution in [1.82, 2.24) is 0 Å². The largest absolute Gasteiger partial charge is 0.332 e. The summed E-state index contributed by atoms with van der Waals surface area (Å²) in [6.45, 7) is 0. The molecule has 6 heteroatoms. The van der Waals surface area contributed by atoms with Gasteiger partial charge in [0.2, 0.25) is 5.91 Å². The highest BCUT2D eigenvalue weighted by atomic mass is 35.5. The van der Waals surface area contributed by atoms with Gasteiger partial charge >= 0.3 is 0 Å². The Labute approximate surface area is 137 Å². The first-order valence-corrected chi connectivity index (χ1v) is 8.03. The van der Waals surface area contributed by atoms with Gasteiger partial charge in [0.15, 0.2) is 5.11 Å². The van der Waals surface area contributed by atoms with Crippen LogP contribution in [0, 0.1) is 0 Å². The summed E-state index contributed by atoms with van der Waals surface area (Å²) < 4.78 is 0. The van der Waals surface area contributed by atoms with Crippen LogP contribution in [0.25, 0.3) is 0 Å². The number of rotatable bonds is 1. The lowest BCUT2D eigenvalue weighted by Gasteiger charge is -2.29. The molecule has 0 atom stereocenters. The van der Waals surface area contributed by atoms with Crippen LogP contribution in [-0.4, -0.2) is 16.8 Å². The number of benzene rings is 2. The molecule has 0 unspecified atom stereocenters. The Bertz CT molecular complexity index is 720. The van der Waals surface area contributed by atoms with Gasteiger partial charge in [-0.1, -0.05) is 29.8 Å². The predicted octanol–water partition coefficient (Wildman–Crippen LogP) is 4.18. The van der Waals surface area contributed by atoms with Crippen molar-refractivity contribution in [2.24, 2.45) is 0 Å². The zero-order valence-electron chi connectivity index (χ0n) is 10.9. The van der Waals surface area contributed by atoms with Crippen LogP contribution in [0.1, 0.15) is 0 Å². The van der Waals surface area contributed by atoms with Crippen LogP contribution in [0.5, 0.6) is 0 Å². The van der Waals surface area contributed by atoms with Crippen LogP contribution in [0.3, 0.4) is 0 Å². The molecule has 0 bridgehead atoms. The Morgan fingerprint density at radius 2 is 2.05 bits per heavy atom. The molecule has 1 N–H and O–H groups in total. The number of nitrogens with one attached hydrogen (secondary N) is 1. The number of amides is 1. The van der Waals surface area contributed by atoms with Gasteiger partial charge < -0.3 is 5.32 Å². The number of halogens is 1. The van der Waals surface area contributed by atoms with E-state index in [1.165, 1.54) is 11.8 Å². The first kappa shape index (κ1) is 14.4. The van der Waals surface area contributed by atoms with Gasteiger partial charge in [-0.15, -0.1) is 11.8 Å². The number of carbonyl (C=O) groups excluding carboxylic acids is 1. The van der Waals surface area contributed by atoms with Crippen LogP contribution >= 0.6 is 35.6 Å². The molecule has 3 rings (SSSR count). The molecule has 2 aromatic carbocycles. The van der Waals surface area contributed by atoms with Gasteiger partial charge in [-0.3, -0.25) is 9.69 Å². The van der Waals surface area contributed by atoms with Gasteiger partial charge in [-0.25, -0.2) is 0 Å². The topological polar surface area (TPSA) is 32.3 Å². The zero-order valence-corrected chi connectivity index (χ0v) is 13.3. The Balaban J connectivity index is 1.89. The molecule has 1 amide bonds. The molecular formula is C15H11ClN2OS2. The molecule has 0 spiro atoms. The average Bonchev–Trinajstić information content (AvgIpc) is 2.47. The molecule has 1 heterocycles. The standard InChI is InChI=1S/C15H11ClN2OS2/c16-10-4-3-5-11(8-10)17-15(20)18-12-6-1-2-7-13(12)21-9-14(18)19/h1-8H,9H2,(H,17,20). The fraction of sp³-hybridized carbons (Fsp3) is 0.0667. The quantitative estimate of drug-likeness (QED) is 0.793. The van der Waals surface area contributed by atoms with E-state index in [0.717, 1.165) is 16.3 Å². The molecule has 106 valence electrons. The number of hydrogen-bond acceptors (Lipinski definition) is 3. The number of para-hydroxylation sites is 1. The van der Waals surface area contributed by atoms with E-state index in [2.05, 4.69) is 5.32 Å². The SMILES string of the molecule is O=C1CSc2ccccc2N1C(=S)Nc1cccc(Cl)c1. The van der Waals surface area contributed by atoms with Crippen molar-refractivity contribution in [2.75, 3.05) is 16.0 Å². The van der Waals surface area contributed by atoms with E-state index in [1.54, 1.807) is 17.0 Å². The van der Waals surface area contributed by atoms with Crippen LogP contribution in [-0.2, 0) is 4.79 Å². The smallest absolute Gasteiger partial charge is 0.243 e. The highest BCUT2D eigenvalue weighted by Crippen LogP contribution is 2.35. The van der Waals surface area contributed by atoms with Crippen molar-refractivity contribution in [3.63, 3.8) is 0 Å². The lowest BCUT2D eigenvalue weighted by Crippen LogP contribution is -2.43. The minimum Gasteiger partial charge on any atom is -0.332 e. The predicted molar refractivity (Wildman–Crippen MR) is 92.3 cm³/mol. The van der Waals surface area contributed by atoms with E-state index in [4.69, 9.17) is 23.8 Å². The summed E-state index contributed by atoms with van der Waals surface area (Å²) in [4.78, 5) is 14.8. The fourth-order valence-corrected chi connectivity index (χ4v) is 3.47. The van der Waals surface area contributed by atoms with E-state index in [1.807, 2.05) is 36.4 Å². The van der Waals surface area contributed by atoms with Crippen molar-refractivity contribution in [2.45, 2.75) is 4.90 Å². The second kappa shape index (κ2) is 6.05. The van der Waals surface area contributed by atoms with Crippen molar-refractivity contribution < 1.29 is 4.79 Å². The highest BCUT2D eigenvalue weighted by Gasteiger charge is 2.27. The van der Waals surface area contributed by atoms with Gasteiger partial charge in [0, 0.05) is 15.6 Å². The fourth-order valence-electron chi connectivity index (χ4n) is 2.07. The lowest BCUT2D eigenvalue weighted by atomic mass is 10.3. The lowest BCUT2D eigenvalue weighted by molar-refractivity contribution is -0.115. The molecule has 0 aromatic heterocycles. The van der Waals surface area contributed by atoms with Crippen LogP contribution < -0.4 is 10.2 Å². The molecule has 3 nitrogen and oxygen atoms in total.